The van der Waals surface area contributed by atoms with Gasteiger partial charge in [0, 0.05) is 25.4 Å². The van der Waals surface area contributed by atoms with Crippen molar-refractivity contribution in [2.75, 3.05) is 18.8 Å². The first-order chi connectivity index (χ1) is 12.5. The van der Waals surface area contributed by atoms with Gasteiger partial charge in [-0.15, -0.1) is 0 Å². The van der Waals surface area contributed by atoms with Gasteiger partial charge in [-0.3, -0.25) is 9.59 Å². The van der Waals surface area contributed by atoms with Gasteiger partial charge in [-0.2, -0.15) is 5.10 Å². The zero-order valence-electron chi connectivity index (χ0n) is 14.8. The third-order valence-corrected chi connectivity index (χ3v) is 4.75. The Bertz CT molecular complexity index is 800. The zero-order chi connectivity index (χ0) is 18.7. The zero-order valence-corrected chi connectivity index (χ0v) is 14.8. The summed E-state index contributed by atoms with van der Waals surface area (Å²) in [6.07, 6.45) is 4.29. The summed E-state index contributed by atoms with van der Waals surface area (Å²) >= 11 is 0. The molecule has 7 heteroatoms. The highest BCUT2D eigenvalue weighted by atomic mass is 19.1. The van der Waals surface area contributed by atoms with Crippen molar-refractivity contribution in [1.82, 2.24) is 14.7 Å². The van der Waals surface area contributed by atoms with Crippen LogP contribution in [0.5, 0.6) is 0 Å². The highest BCUT2D eigenvalue weighted by Crippen LogP contribution is 2.25. The molecule has 6 nitrogen and oxygen atoms in total. The molecular formula is C19H23FN4O2. The number of Topliss-reactive ketones (excluding diaryl/α,β-unsaturated/α-hetero) is 1. The number of nitrogen functional groups attached to an aromatic ring is 1. The molecule has 2 aromatic rings. The molecule has 1 aromatic heterocycles. The summed E-state index contributed by atoms with van der Waals surface area (Å²) in [4.78, 5) is 26.8. The van der Waals surface area contributed by atoms with Crippen LogP contribution >= 0.6 is 0 Å². The van der Waals surface area contributed by atoms with Crippen LogP contribution in [-0.4, -0.2) is 39.5 Å². The summed E-state index contributed by atoms with van der Waals surface area (Å²) < 4.78 is 14.5. The Morgan fingerprint density at radius 3 is 2.73 bits per heavy atom. The number of benzene rings is 1. The third kappa shape index (κ3) is 3.61. The lowest BCUT2D eigenvalue weighted by Crippen LogP contribution is -2.42. The Labute approximate surface area is 151 Å². The SMILES string of the molecule is CCCC(=O)N1CCC[C@H](C(=O)c2cnn(-c3ccc(F)cc3)c2N)C1. The molecule has 2 N–H and O–H groups in total. The molecule has 138 valence electrons. The fraction of sp³-hybridized carbons (Fsp3) is 0.421. The molecule has 1 amide bonds. The summed E-state index contributed by atoms with van der Waals surface area (Å²) in [6.45, 7) is 3.10. The van der Waals surface area contributed by atoms with Gasteiger partial charge >= 0.3 is 0 Å². The Kier molecular flexibility index (Phi) is 5.35. The van der Waals surface area contributed by atoms with Crippen molar-refractivity contribution in [2.45, 2.75) is 32.6 Å². The summed E-state index contributed by atoms with van der Waals surface area (Å²) in [7, 11) is 0. The number of nitrogens with zero attached hydrogens (tertiary/aromatic N) is 3. The molecule has 1 atom stereocenters. The van der Waals surface area contributed by atoms with E-state index in [-0.39, 0.29) is 29.2 Å². The number of likely N-dealkylation sites (tertiary alicyclic amines) is 1. The molecule has 1 aliphatic rings. The Balaban J connectivity index is 1.78. The minimum Gasteiger partial charge on any atom is -0.383 e. The number of aromatic nitrogens is 2. The topological polar surface area (TPSA) is 81.2 Å². The summed E-state index contributed by atoms with van der Waals surface area (Å²) in [5.74, 6) is -0.379. The molecule has 26 heavy (non-hydrogen) atoms. The van der Waals surface area contributed by atoms with E-state index >= 15 is 0 Å². The molecule has 0 radical (unpaired) electrons. The van der Waals surface area contributed by atoms with E-state index < -0.39 is 0 Å². The molecule has 3 rings (SSSR count). The van der Waals surface area contributed by atoms with Crippen LogP contribution in [0.1, 0.15) is 43.0 Å². The van der Waals surface area contributed by atoms with Crippen LogP contribution in [0.2, 0.25) is 0 Å². The molecule has 1 aromatic carbocycles. The van der Waals surface area contributed by atoms with Crippen LogP contribution in [0.25, 0.3) is 5.69 Å². The molecule has 0 aliphatic carbocycles. The van der Waals surface area contributed by atoms with Gasteiger partial charge in [0.1, 0.15) is 11.6 Å². The predicted octanol–water partition coefficient (Wildman–Crippen LogP) is 2.82. The second-order valence-corrected chi connectivity index (χ2v) is 6.62. The number of anilines is 1. The van der Waals surface area contributed by atoms with Crippen LogP contribution in [0.15, 0.2) is 30.5 Å². The smallest absolute Gasteiger partial charge is 0.222 e. The quantitative estimate of drug-likeness (QED) is 0.834. The number of hydrogen-bond acceptors (Lipinski definition) is 4. The van der Waals surface area contributed by atoms with Crippen LogP contribution < -0.4 is 5.73 Å². The Hall–Kier alpha value is -2.70. The van der Waals surface area contributed by atoms with Gasteiger partial charge in [-0.25, -0.2) is 9.07 Å². The number of carbonyl (C=O) groups is 2. The largest absolute Gasteiger partial charge is 0.383 e. The molecule has 1 aliphatic heterocycles. The maximum absolute atomic E-state index is 13.1. The normalized spacial score (nSPS) is 17.3. The minimum absolute atomic E-state index is 0.0927. The third-order valence-electron chi connectivity index (χ3n) is 4.75. The van der Waals surface area contributed by atoms with E-state index in [1.807, 2.05) is 6.92 Å². The number of piperidine rings is 1. The number of ketones is 1. The number of halogens is 1. The fourth-order valence-electron chi connectivity index (χ4n) is 3.35. The number of hydrogen-bond donors (Lipinski definition) is 1. The van der Waals surface area contributed by atoms with Crippen molar-refractivity contribution in [3.63, 3.8) is 0 Å². The highest BCUT2D eigenvalue weighted by molar-refractivity contribution is 6.02. The first-order valence-corrected chi connectivity index (χ1v) is 8.92. The fourth-order valence-corrected chi connectivity index (χ4v) is 3.35. The average Bonchev–Trinajstić information content (AvgIpc) is 3.03. The van der Waals surface area contributed by atoms with E-state index in [2.05, 4.69) is 5.10 Å². The van der Waals surface area contributed by atoms with Gasteiger partial charge in [0.2, 0.25) is 5.91 Å². The maximum Gasteiger partial charge on any atom is 0.222 e. The van der Waals surface area contributed by atoms with Crippen LogP contribution in [0.3, 0.4) is 0 Å². The Morgan fingerprint density at radius 1 is 1.31 bits per heavy atom. The molecule has 1 fully saturated rings. The van der Waals surface area contributed by atoms with Gasteiger partial charge in [0.15, 0.2) is 5.78 Å². The predicted molar refractivity (Wildman–Crippen MR) is 96.5 cm³/mol. The van der Waals surface area contributed by atoms with Gasteiger partial charge in [0.25, 0.3) is 0 Å². The second-order valence-electron chi connectivity index (χ2n) is 6.62. The summed E-state index contributed by atoms with van der Waals surface area (Å²) in [5, 5.41) is 4.18. The minimum atomic E-state index is -0.352. The van der Waals surface area contributed by atoms with Crippen molar-refractivity contribution in [3.8, 4) is 5.69 Å². The highest BCUT2D eigenvalue weighted by Gasteiger charge is 2.30. The number of rotatable bonds is 5. The van der Waals surface area contributed by atoms with E-state index in [9.17, 15) is 14.0 Å². The van der Waals surface area contributed by atoms with Gasteiger partial charge in [-0.1, -0.05) is 6.92 Å². The number of amides is 1. The molecular weight excluding hydrogens is 335 g/mol. The molecule has 0 saturated carbocycles. The molecule has 0 bridgehead atoms. The first kappa shape index (κ1) is 18.1. The van der Waals surface area contributed by atoms with E-state index in [0.29, 0.717) is 30.8 Å². The van der Waals surface area contributed by atoms with E-state index in [0.717, 1.165) is 19.3 Å². The second kappa shape index (κ2) is 7.68. The van der Waals surface area contributed by atoms with Crippen molar-refractivity contribution in [3.05, 3.63) is 41.8 Å². The Morgan fingerprint density at radius 2 is 2.04 bits per heavy atom. The van der Waals surface area contributed by atoms with Crippen LogP contribution in [0, 0.1) is 11.7 Å². The van der Waals surface area contributed by atoms with Gasteiger partial charge in [0.05, 0.1) is 17.4 Å². The lowest BCUT2D eigenvalue weighted by Gasteiger charge is -2.32. The van der Waals surface area contributed by atoms with Crippen LogP contribution in [-0.2, 0) is 4.79 Å². The average molecular weight is 358 g/mol. The van der Waals surface area contributed by atoms with Gasteiger partial charge in [-0.05, 0) is 43.5 Å². The summed E-state index contributed by atoms with van der Waals surface area (Å²) in [5.41, 5.74) is 7.07. The standard InChI is InChI=1S/C19H23FN4O2/c1-2-4-17(25)23-10-3-5-13(12-23)18(26)16-11-22-24(19(16)21)15-8-6-14(20)7-9-15/h6-9,11,13H,2-5,10,12,21H2,1H3/t13-/m0/s1. The van der Waals surface area contributed by atoms with E-state index in [4.69, 9.17) is 5.73 Å². The van der Waals surface area contributed by atoms with Gasteiger partial charge < -0.3 is 10.6 Å². The lowest BCUT2D eigenvalue weighted by atomic mass is 9.90. The van der Waals surface area contributed by atoms with Crippen molar-refractivity contribution in [2.24, 2.45) is 5.92 Å². The molecule has 0 spiro atoms. The van der Waals surface area contributed by atoms with Crippen molar-refractivity contribution in [1.29, 1.82) is 0 Å². The number of carbonyl (C=O) groups excluding carboxylic acids is 2. The lowest BCUT2D eigenvalue weighted by molar-refractivity contribution is -0.132. The first-order valence-electron chi connectivity index (χ1n) is 8.92. The van der Waals surface area contributed by atoms with Crippen molar-refractivity contribution < 1.29 is 14.0 Å². The molecule has 0 unspecified atom stereocenters. The van der Waals surface area contributed by atoms with Crippen molar-refractivity contribution >= 4 is 17.5 Å². The van der Waals surface area contributed by atoms with E-state index in [1.54, 1.807) is 17.0 Å². The molecule has 2 heterocycles. The molecule has 1 saturated heterocycles. The number of nitrogens with two attached hydrogens (primary N) is 1. The van der Waals surface area contributed by atoms with Crippen LogP contribution in [0.4, 0.5) is 10.2 Å². The maximum atomic E-state index is 13.1. The summed E-state index contributed by atoms with van der Waals surface area (Å²) in [6, 6.07) is 5.74. The monoisotopic (exact) mass is 358 g/mol. The van der Waals surface area contributed by atoms with E-state index in [1.165, 1.54) is 23.0 Å².